The SMILES string of the molecule is COc1cnc2[nH]c3c(c2n1)C[C@H](C)N(C)C3. The second-order valence-electron chi connectivity index (χ2n) is 4.66. The standard InChI is InChI=1S/C12H16N4O/c1-7-4-8-9(6-16(7)2)14-12-11(8)15-10(17-3)5-13-12/h5,7H,4,6H2,1-3H3,(H,13,14)/t7-/m0/s1. The lowest BCUT2D eigenvalue weighted by molar-refractivity contribution is 0.229. The number of hydrogen-bond donors (Lipinski definition) is 1. The largest absolute Gasteiger partial charge is 0.480 e. The maximum absolute atomic E-state index is 5.13. The first-order valence-electron chi connectivity index (χ1n) is 5.79. The quantitative estimate of drug-likeness (QED) is 0.806. The fourth-order valence-corrected chi connectivity index (χ4v) is 2.35. The van der Waals surface area contributed by atoms with Crippen LogP contribution in [0.3, 0.4) is 0 Å². The van der Waals surface area contributed by atoms with E-state index in [4.69, 9.17) is 4.74 Å². The van der Waals surface area contributed by atoms with Gasteiger partial charge in [0.2, 0.25) is 5.88 Å². The predicted molar refractivity (Wildman–Crippen MR) is 65.1 cm³/mol. The van der Waals surface area contributed by atoms with Crippen molar-refractivity contribution in [3.8, 4) is 5.88 Å². The monoisotopic (exact) mass is 232 g/mol. The number of nitrogens with zero attached hydrogens (tertiary/aromatic N) is 3. The first-order valence-corrected chi connectivity index (χ1v) is 5.79. The van der Waals surface area contributed by atoms with E-state index < -0.39 is 0 Å². The van der Waals surface area contributed by atoms with Crippen LogP contribution in [0.25, 0.3) is 11.2 Å². The number of likely N-dealkylation sites (N-methyl/N-ethyl adjacent to an activating group) is 1. The van der Waals surface area contributed by atoms with Crippen LogP contribution in [-0.4, -0.2) is 40.1 Å². The number of fused-ring (bicyclic) bond motifs is 3. The molecule has 0 amide bonds. The van der Waals surface area contributed by atoms with Gasteiger partial charge in [-0.05, 0) is 20.4 Å². The average molecular weight is 232 g/mol. The fourth-order valence-electron chi connectivity index (χ4n) is 2.35. The zero-order chi connectivity index (χ0) is 12.0. The summed E-state index contributed by atoms with van der Waals surface area (Å²) in [4.78, 5) is 14.5. The molecule has 0 aliphatic carbocycles. The van der Waals surface area contributed by atoms with Crippen molar-refractivity contribution in [2.45, 2.75) is 25.9 Å². The van der Waals surface area contributed by atoms with E-state index in [1.54, 1.807) is 13.3 Å². The molecule has 1 aliphatic rings. The van der Waals surface area contributed by atoms with E-state index in [0.29, 0.717) is 11.9 Å². The first-order chi connectivity index (χ1) is 8.19. The maximum Gasteiger partial charge on any atom is 0.232 e. The van der Waals surface area contributed by atoms with E-state index in [2.05, 4.69) is 33.8 Å². The van der Waals surface area contributed by atoms with Crippen molar-refractivity contribution >= 4 is 11.2 Å². The van der Waals surface area contributed by atoms with E-state index in [1.807, 2.05) is 0 Å². The van der Waals surface area contributed by atoms with Gasteiger partial charge in [0.1, 0.15) is 5.52 Å². The minimum absolute atomic E-state index is 0.537. The minimum atomic E-state index is 0.537. The van der Waals surface area contributed by atoms with E-state index >= 15 is 0 Å². The topological polar surface area (TPSA) is 54.0 Å². The van der Waals surface area contributed by atoms with Gasteiger partial charge in [-0.2, -0.15) is 0 Å². The summed E-state index contributed by atoms with van der Waals surface area (Å²) in [5.41, 5.74) is 4.34. The van der Waals surface area contributed by atoms with Crippen molar-refractivity contribution < 1.29 is 4.74 Å². The van der Waals surface area contributed by atoms with Gasteiger partial charge < -0.3 is 9.72 Å². The van der Waals surface area contributed by atoms with Crippen LogP contribution in [0.15, 0.2) is 6.20 Å². The molecule has 1 atom stereocenters. The Morgan fingerprint density at radius 2 is 2.35 bits per heavy atom. The molecule has 0 saturated carbocycles. The molecule has 0 unspecified atom stereocenters. The Balaban J connectivity index is 2.17. The van der Waals surface area contributed by atoms with E-state index in [9.17, 15) is 0 Å². The Hall–Kier alpha value is -1.62. The summed E-state index contributed by atoms with van der Waals surface area (Å²) < 4.78 is 5.13. The van der Waals surface area contributed by atoms with E-state index in [1.165, 1.54) is 11.3 Å². The van der Waals surface area contributed by atoms with Gasteiger partial charge in [0.25, 0.3) is 0 Å². The molecule has 17 heavy (non-hydrogen) atoms. The molecule has 0 spiro atoms. The second-order valence-corrected chi connectivity index (χ2v) is 4.66. The maximum atomic E-state index is 5.13. The summed E-state index contributed by atoms with van der Waals surface area (Å²) in [5, 5.41) is 0. The van der Waals surface area contributed by atoms with Crippen LogP contribution >= 0.6 is 0 Å². The molecule has 5 heteroatoms. The first kappa shape index (κ1) is 10.5. The molecule has 0 aromatic carbocycles. The molecular weight excluding hydrogens is 216 g/mol. The Bertz CT molecular complexity index is 563. The normalized spacial score (nSPS) is 20.5. The molecule has 0 fully saturated rings. The zero-order valence-corrected chi connectivity index (χ0v) is 10.3. The molecule has 0 saturated heterocycles. The molecular formula is C12H16N4O. The average Bonchev–Trinajstić information content (AvgIpc) is 2.67. The van der Waals surface area contributed by atoms with Crippen molar-refractivity contribution in [1.29, 1.82) is 0 Å². The molecule has 2 aromatic rings. The molecule has 1 N–H and O–H groups in total. The molecule has 0 radical (unpaired) electrons. The summed E-state index contributed by atoms with van der Waals surface area (Å²) in [7, 11) is 3.76. The van der Waals surface area contributed by atoms with Gasteiger partial charge in [-0.3, -0.25) is 4.90 Å². The fraction of sp³-hybridized carbons (Fsp3) is 0.500. The third-order valence-electron chi connectivity index (χ3n) is 3.54. The van der Waals surface area contributed by atoms with Crippen molar-refractivity contribution in [1.82, 2.24) is 19.9 Å². The summed E-state index contributed by atoms with van der Waals surface area (Å²) in [6, 6.07) is 0.537. The summed E-state index contributed by atoms with van der Waals surface area (Å²) in [5.74, 6) is 0.575. The second kappa shape index (κ2) is 3.70. The summed E-state index contributed by atoms with van der Waals surface area (Å²) in [6.45, 7) is 3.16. The van der Waals surface area contributed by atoms with Crippen LogP contribution in [0.5, 0.6) is 5.88 Å². The number of aromatic amines is 1. The van der Waals surface area contributed by atoms with E-state index in [-0.39, 0.29) is 0 Å². The highest BCUT2D eigenvalue weighted by Gasteiger charge is 2.24. The lowest BCUT2D eigenvalue weighted by Crippen LogP contribution is -2.34. The number of methoxy groups -OCH3 is 1. The Labute approximate surface area is 99.8 Å². The third kappa shape index (κ3) is 1.58. The molecule has 1 aliphatic heterocycles. The Kier molecular flexibility index (Phi) is 2.29. The summed E-state index contributed by atoms with van der Waals surface area (Å²) in [6.07, 6.45) is 2.66. The molecule has 3 heterocycles. The number of rotatable bonds is 1. The number of ether oxygens (including phenoxy) is 1. The lowest BCUT2D eigenvalue weighted by Gasteiger charge is -2.29. The molecule has 90 valence electrons. The van der Waals surface area contributed by atoms with Crippen LogP contribution in [0.2, 0.25) is 0 Å². The Morgan fingerprint density at radius 3 is 3.12 bits per heavy atom. The van der Waals surface area contributed by atoms with Crippen molar-refractivity contribution in [2.24, 2.45) is 0 Å². The number of aromatic nitrogens is 3. The van der Waals surface area contributed by atoms with Crippen molar-refractivity contribution in [2.75, 3.05) is 14.2 Å². The van der Waals surface area contributed by atoms with Gasteiger partial charge >= 0.3 is 0 Å². The summed E-state index contributed by atoms with van der Waals surface area (Å²) >= 11 is 0. The van der Waals surface area contributed by atoms with Gasteiger partial charge in [-0.1, -0.05) is 0 Å². The van der Waals surface area contributed by atoms with Gasteiger partial charge in [0.05, 0.1) is 13.3 Å². The molecule has 2 aromatic heterocycles. The number of nitrogens with one attached hydrogen (secondary N) is 1. The van der Waals surface area contributed by atoms with Crippen LogP contribution in [0, 0.1) is 0 Å². The highest BCUT2D eigenvalue weighted by Crippen LogP contribution is 2.28. The van der Waals surface area contributed by atoms with Crippen LogP contribution in [0.4, 0.5) is 0 Å². The number of hydrogen-bond acceptors (Lipinski definition) is 4. The molecule has 0 bridgehead atoms. The predicted octanol–water partition coefficient (Wildman–Crippen LogP) is 1.34. The number of H-pyrrole nitrogens is 1. The highest BCUT2D eigenvalue weighted by molar-refractivity contribution is 5.77. The molecule has 3 rings (SSSR count). The van der Waals surface area contributed by atoms with Crippen molar-refractivity contribution in [3.05, 3.63) is 17.5 Å². The van der Waals surface area contributed by atoms with Gasteiger partial charge in [-0.25, -0.2) is 9.97 Å². The Morgan fingerprint density at radius 1 is 1.53 bits per heavy atom. The molecule has 5 nitrogen and oxygen atoms in total. The zero-order valence-electron chi connectivity index (χ0n) is 10.3. The van der Waals surface area contributed by atoms with Crippen LogP contribution in [0.1, 0.15) is 18.2 Å². The van der Waals surface area contributed by atoms with Crippen molar-refractivity contribution in [3.63, 3.8) is 0 Å². The van der Waals surface area contributed by atoms with E-state index in [0.717, 1.165) is 24.1 Å². The third-order valence-corrected chi connectivity index (χ3v) is 3.54. The minimum Gasteiger partial charge on any atom is -0.480 e. The van der Waals surface area contributed by atoms with Gasteiger partial charge in [0.15, 0.2) is 5.65 Å². The van der Waals surface area contributed by atoms with Crippen LogP contribution in [-0.2, 0) is 13.0 Å². The smallest absolute Gasteiger partial charge is 0.232 e. The highest BCUT2D eigenvalue weighted by atomic mass is 16.5. The lowest BCUT2D eigenvalue weighted by atomic mass is 10.0. The van der Waals surface area contributed by atoms with Gasteiger partial charge in [0, 0.05) is 23.8 Å². The van der Waals surface area contributed by atoms with Crippen LogP contribution < -0.4 is 4.74 Å². The van der Waals surface area contributed by atoms with Gasteiger partial charge in [-0.15, -0.1) is 0 Å².